The van der Waals surface area contributed by atoms with Crippen molar-refractivity contribution in [1.82, 2.24) is 4.31 Å². The molecule has 1 aromatic carbocycles. The van der Waals surface area contributed by atoms with E-state index in [1.54, 1.807) is 18.2 Å². The van der Waals surface area contributed by atoms with E-state index in [9.17, 15) is 21.2 Å². The zero-order valence-corrected chi connectivity index (χ0v) is 15.8. The molecule has 1 aliphatic rings. The van der Waals surface area contributed by atoms with Gasteiger partial charge in [0, 0.05) is 18.0 Å². The van der Waals surface area contributed by atoms with Gasteiger partial charge in [-0.3, -0.25) is 0 Å². The van der Waals surface area contributed by atoms with E-state index in [0.717, 1.165) is 4.88 Å². The summed E-state index contributed by atoms with van der Waals surface area (Å²) in [5.41, 5.74) is 0.349. The smallest absolute Gasteiger partial charge is 0.218 e. The van der Waals surface area contributed by atoms with Crippen LogP contribution >= 0.6 is 11.3 Å². The van der Waals surface area contributed by atoms with Crippen molar-refractivity contribution in [2.45, 2.75) is 17.4 Å². The molecule has 0 N–H and O–H groups in total. The summed E-state index contributed by atoms with van der Waals surface area (Å²) in [5.74, 6) is -1.05. The van der Waals surface area contributed by atoms with Gasteiger partial charge in [0.15, 0.2) is 9.84 Å². The van der Waals surface area contributed by atoms with Crippen LogP contribution in [0.15, 0.2) is 41.8 Å². The lowest BCUT2D eigenvalue weighted by molar-refractivity contribution is 0.427. The minimum atomic E-state index is -3.71. The summed E-state index contributed by atoms with van der Waals surface area (Å²) in [7, 11) is -7.12. The lowest BCUT2D eigenvalue weighted by Crippen LogP contribution is -2.34. The summed E-state index contributed by atoms with van der Waals surface area (Å²) in [6, 6.07) is 8.99. The van der Waals surface area contributed by atoms with Gasteiger partial charge < -0.3 is 0 Å². The molecule has 1 unspecified atom stereocenters. The van der Waals surface area contributed by atoms with Gasteiger partial charge in [-0.15, -0.1) is 11.3 Å². The summed E-state index contributed by atoms with van der Waals surface area (Å²) in [5, 5.41) is 1.15. The van der Waals surface area contributed by atoms with Crippen LogP contribution in [0.1, 0.15) is 22.1 Å². The van der Waals surface area contributed by atoms with E-state index in [2.05, 4.69) is 0 Å². The maximum atomic E-state index is 13.3. The first-order valence-electron chi connectivity index (χ1n) is 7.75. The first-order valence-corrected chi connectivity index (χ1v) is 12.0. The quantitative estimate of drug-likeness (QED) is 0.787. The Morgan fingerprint density at radius 1 is 1.20 bits per heavy atom. The molecule has 1 atom stereocenters. The van der Waals surface area contributed by atoms with Crippen LogP contribution < -0.4 is 0 Å². The van der Waals surface area contributed by atoms with Crippen LogP contribution in [0.25, 0.3) is 0 Å². The molecule has 0 aliphatic carbocycles. The van der Waals surface area contributed by atoms with Crippen molar-refractivity contribution in [3.8, 4) is 0 Å². The van der Waals surface area contributed by atoms with Crippen molar-refractivity contribution in [2.75, 3.05) is 18.8 Å². The molecule has 2 aromatic rings. The van der Waals surface area contributed by atoms with E-state index in [1.807, 2.05) is 5.38 Å². The Bertz CT molecular complexity index is 940. The highest BCUT2D eigenvalue weighted by atomic mass is 32.2. The number of halogens is 1. The summed E-state index contributed by atoms with van der Waals surface area (Å²) in [6.45, 7) is 0.0707. The van der Waals surface area contributed by atoms with Crippen LogP contribution in [-0.2, 0) is 25.6 Å². The van der Waals surface area contributed by atoms with Crippen LogP contribution in [0.3, 0.4) is 0 Å². The van der Waals surface area contributed by atoms with Crippen molar-refractivity contribution < 1.29 is 21.2 Å². The highest BCUT2D eigenvalue weighted by Gasteiger charge is 2.35. The van der Waals surface area contributed by atoms with E-state index in [1.165, 1.54) is 33.8 Å². The fourth-order valence-corrected chi connectivity index (χ4v) is 7.58. The Hall–Kier alpha value is -1.29. The number of thiophene rings is 1. The lowest BCUT2D eigenvalue weighted by atomic mass is 10.2. The van der Waals surface area contributed by atoms with Crippen LogP contribution in [0.4, 0.5) is 4.39 Å². The molecular weight excluding hydrogens is 385 g/mol. The largest absolute Gasteiger partial charge is 0.228 e. The number of nitrogens with zero attached hydrogens (tertiary/aromatic N) is 1. The third kappa shape index (κ3) is 4.28. The van der Waals surface area contributed by atoms with Gasteiger partial charge in [0.05, 0.1) is 16.8 Å². The van der Waals surface area contributed by atoms with Crippen molar-refractivity contribution in [3.63, 3.8) is 0 Å². The van der Waals surface area contributed by atoms with Crippen molar-refractivity contribution >= 4 is 31.2 Å². The fraction of sp³-hybridized carbons (Fsp3) is 0.375. The predicted molar refractivity (Wildman–Crippen MR) is 96.1 cm³/mol. The minimum absolute atomic E-state index is 0.0676. The molecule has 0 spiro atoms. The second-order valence-electron chi connectivity index (χ2n) is 5.94. The molecule has 1 saturated heterocycles. The van der Waals surface area contributed by atoms with E-state index < -0.39 is 30.9 Å². The minimum Gasteiger partial charge on any atom is -0.228 e. The van der Waals surface area contributed by atoms with E-state index in [4.69, 9.17) is 0 Å². The molecule has 0 saturated carbocycles. The molecule has 0 amide bonds. The average molecular weight is 404 g/mol. The monoisotopic (exact) mass is 403 g/mol. The van der Waals surface area contributed by atoms with Gasteiger partial charge in [-0.05, 0) is 35.6 Å². The van der Waals surface area contributed by atoms with Crippen molar-refractivity contribution in [2.24, 2.45) is 0 Å². The third-order valence-electron chi connectivity index (χ3n) is 4.19. The van der Waals surface area contributed by atoms with Crippen LogP contribution in [0.2, 0.25) is 0 Å². The van der Waals surface area contributed by atoms with E-state index >= 15 is 0 Å². The zero-order chi connectivity index (χ0) is 18.1. The maximum absolute atomic E-state index is 13.3. The van der Waals surface area contributed by atoms with Gasteiger partial charge in [-0.1, -0.05) is 18.2 Å². The molecule has 136 valence electrons. The number of sulfone groups is 1. The fourth-order valence-electron chi connectivity index (χ4n) is 2.92. The summed E-state index contributed by atoms with van der Waals surface area (Å²) >= 11 is 1.37. The second kappa shape index (κ2) is 7.14. The second-order valence-corrected chi connectivity index (χ2v) is 11.2. The van der Waals surface area contributed by atoms with E-state index in [0.29, 0.717) is 5.56 Å². The molecule has 25 heavy (non-hydrogen) atoms. The highest BCUT2D eigenvalue weighted by molar-refractivity contribution is 7.92. The number of sulfonamides is 1. The number of rotatable bonds is 4. The Labute approximate surface area is 151 Å². The SMILES string of the molecule is O=S1(=O)CCN(S(=O)(=O)Cc2cccc(F)c2)CCC1c1cccs1. The van der Waals surface area contributed by atoms with Gasteiger partial charge in [-0.25, -0.2) is 25.5 Å². The zero-order valence-electron chi connectivity index (χ0n) is 13.3. The predicted octanol–water partition coefficient (Wildman–Crippen LogP) is 2.58. The molecular formula is C16H18FNO4S3. The van der Waals surface area contributed by atoms with Gasteiger partial charge in [0.2, 0.25) is 10.0 Å². The topological polar surface area (TPSA) is 71.5 Å². The van der Waals surface area contributed by atoms with Gasteiger partial charge in [0.25, 0.3) is 0 Å². The molecule has 1 aromatic heterocycles. The number of hydrogen-bond donors (Lipinski definition) is 0. The van der Waals surface area contributed by atoms with Crippen LogP contribution in [0, 0.1) is 5.82 Å². The standard InChI is InChI=1S/C16H18FNO4S3/c17-14-4-1-3-13(11-14)12-25(21,22)18-7-6-16(15-5-2-9-23-15)24(19,20)10-8-18/h1-5,9,11,16H,6-8,10,12H2. The molecule has 0 radical (unpaired) electrons. The van der Waals surface area contributed by atoms with Gasteiger partial charge in [-0.2, -0.15) is 0 Å². The Morgan fingerprint density at radius 3 is 2.68 bits per heavy atom. The summed E-state index contributed by atoms with van der Waals surface area (Å²) in [6.07, 6.45) is 0.227. The van der Waals surface area contributed by atoms with E-state index in [-0.39, 0.29) is 31.0 Å². The first-order chi connectivity index (χ1) is 11.8. The third-order valence-corrected chi connectivity index (χ3v) is 9.28. The average Bonchev–Trinajstić information content (AvgIpc) is 2.98. The summed E-state index contributed by atoms with van der Waals surface area (Å²) in [4.78, 5) is 0.740. The van der Waals surface area contributed by atoms with Crippen LogP contribution in [0.5, 0.6) is 0 Å². The van der Waals surface area contributed by atoms with Crippen LogP contribution in [-0.4, -0.2) is 40.0 Å². The highest BCUT2D eigenvalue weighted by Crippen LogP contribution is 2.33. The van der Waals surface area contributed by atoms with Crippen molar-refractivity contribution in [3.05, 3.63) is 58.0 Å². The van der Waals surface area contributed by atoms with Gasteiger partial charge >= 0.3 is 0 Å². The molecule has 1 fully saturated rings. The molecule has 3 rings (SSSR count). The van der Waals surface area contributed by atoms with Crippen molar-refractivity contribution in [1.29, 1.82) is 0 Å². The lowest BCUT2D eigenvalue weighted by Gasteiger charge is -2.19. The Balaban J connectivity index is 1.80. The molecule has 9 heteroatoms. The summed E-state index contributed by atoms with van der Waals surface area (Å²) < 4.78 is 64.8. The Morgan fingerprint density at radius 2 is 2.00 bits per heavy atom. The normalized spacial score (nSPS) is 21.7. The number of hydrogen-bond acceptors (Lipinski definition) is 5. The maximum Gasteiger partial charge on any atom is 0.218 e. The Kier molecular flexibility index (Phi) is 5.29. The number of benzene rings is 1. The molecule has 0 bridgehead atoms. The molecule has 5 nitrogen and oxygen atoms in total. The molecule has 1 aliphatic heterocycles. The first kappa shape index (κ1) is 18.5. The molecule has 2 heterocycles. The van der Waals surface area contributed by atoms with Gasteiger partial charge in [0.1, 0.15) is 5.82 Å².